The van der Waals surface area contributed by atoms with Gasteiger partial charge in [-0.05, 0) is 18.6 Å². The van der Waals surface area contributed by atoms with Crippen LogP contribution in [-0.2, 0) is 14.3 Å². The van der Waals surface area contributed by atoms with Crippen molar-refractivity contribution in [3.05, 3.63) is 24.3 Å². The van der Waals surface area contributed by atoms with Gasteiger partial charge in [-0.2, -0.15) is 8.78 Å². The molecule has 1 fully saturated rings. The summed E-state index contributed by atoms with van der Waals surface area (Å²) in [5.74, 6) is -2.80. The maximum absolute atomic E-state index is 12.6. The van der Waals surface area contributed by atoms with Crippen LogP contribution in [0.15, 0.2) is 29.2 Å². The topological polar surface area (TPSA) is 73.9 Å². The lowest BCUT2D eigenvalue weighted by molar-refractivity contribution is -0.123. The summed E-state index contributed by atoms with van der Waals surface area (Å²) in [6.45, 7) is 4.45. The number of hydrogen-bond acceptors (Lipinski definition) is 6. The molecule has 2 N–H and O–H groups in total. The lowest BCUT2D eigenvalue weighted by Gasteiger charge is -2.33. The molecule has 1 aromatic carbocycles. The van der Waals surface area contributed by atoms with Crippen LogP contribution in [0, 0.1) is 0 Å². The molecule has 29 heavy (non-hydrogen) atoms. The van der Waals surface area contributed by atoms with Gasteiger partial charge in [-0.3, -0.25) is 19.4 Å². The Kier molecular flexibility index (Phi) is 10.3. The number of rotatable bonds is 11. The first-order valence-electron chi connectivity index (χ1n) is 9.52. The van der Waals surface area contributed by atoms with Crippen molar-refractivity contribution < 1.29 is 23.1 Å². The van der Waals surface area contributed by atoms with E-state index in [0.29, 0.717) is 68.2 Å². The van der Waals surface area contributed by atoms with Crippen molar-refractivity contribution in [1.82, 2.24) is 15.1 Å². The van der Waals surface area contributed by atoms with Crippen LogP contribution in [0.25, 0.3) is 0 Å². The Labute approximate surface area is 174 Å². The SMILES string of the molecule is COCCCNC(=O)CN1CCN(CC(=O)Nc2ccccc2SC(F)F)CC1. The van der Waals surface area contributed by atoms with Crippen LogP contribution in [0.1, 0.15) is 6.42 Å². The minimum atomic E-state index is -2.54. The van der Waals surface area contributed by atoms with Crippen LogP contribution in [0.2, 0.25) is 0 Å². The molecule has 0 spiro atoms. The molecule has 1 saturated heterocycles. The number of hydrogen-bond donors (Lipinski definition) is 2. The molecular formula is C19H28F2N4O3S. The van der Waals surface area contributed by atoms with Crippen LogP contribution < -0.4 is 10.6 Å². The highest BCUT2D eigenvalue weighted by molar-refractivity contribution is 7.99. The van der Waals surface area contributed by atoms with Crippen molar-refractivity contribution in [1.29, 1.82) is 0 Å². The highest BCUT2D eigenvalue weighted by Crippen LogP contribution is 2.31. The number of benzene rings is 1. The Morgan fingerprint density at radius 3 is 2.34 bits per heavy atom. The Hall–Kier alpha value is -1.75. The normalized spacial score (nSPS) is 15.4. The molecule has 1 aliphatic heterocycles. The number of anilines is 1. The van der Waals surface area contributed by atoms with Crippen LogP contribution in [0.4, 0.5) is 14.5 Å². The van der Waals surface area contributed by atoms with E-state index in [1.807, 2.05) is 4.90 Å². The fourth-order valence-electron chi connectivity index (χ4n) is 2.97. The minimum absolute atomic E-state index is 0.0135. The van der Waals surface area contributed by atoms with Crippen molar-refractivity contribution in [2.24, 2.45) is 0 Å². The maximum atomic E-state index is 12.6. The van der Waals surface area contributed by atoms with E-state index in [-0.39, 0.29) is 18.4 Å². The Bertz CT molecular complexity index is 658. The van der Waals surface area contributed by atoms with E-state index < -0.39 is 5.76 Å². The van der Waals surface area contributed by atoms with E-state index in [1.165, 1.54) is 0 Å². The third kappa shape index (κ3) is 9.07. The van der Waals surface area contributed by atoms with E-state index in [0.717, 1.165) is 6.42 Å². The largest absolute Gasteiger partial charge is 0.385 e. The molecule has 1 heterocycles. The molecule has 0 saturated carbocycles. The summed E-state index contributed by atoms with van der Waals surface area (Å²) in [6.07, 6.45) is 0.782. The van der Waals surface area contributed by atoms with Crippen molar-refractivity contribution in [3.8, 4) is 0 Å². The molecule has 162 valence electrons. The van der Waals surface area contributed by atoms with Crippen LogP contribution >= 0.6 is 11.8 Å². The van der Waals surface area contributed by atoms with E-state index in [4.69, 9.17) is 4.74 Å². The van der Waals surface area contributed by atoms with Crippen molar-refractivity contribution in [2.75, 3.05) is 64.8 Å². The average Bonchev–Trinajstić information content (AvgIpc) is 2.68. The maximum Gasteiger partial charge on any atom is 0.288 e. The lowest BCUT2D eigenvalue weighted by Crippen LogP contribution is -2.51. The van der Waals surface area contributed by atoms with Gasteiger partial charge in [0.15, 0.2) is 0 Å². The van der Waals surface area contributed by atoms with E-state index >= 15 is 0 Å². The number of nitrogens with one attached hydrogen (secondary N) is 2. The standard InChI is InChI=1S/C19H28F2N4O3S/c1-28-12-4-7-22-17(26)13-24-8-10-25(11-9-24)14-18(27)23-15-5-2-3-6-16(15)29-19(20)21/h2-3,5-6,19H,4,7-14H2,1H3,(H,22,26)(H,23,27). The van der Waals surface area contributed by atoms with Gasteiger partial charge in [0.2, 0.25) is 11.8 Å². The molecule has 0 unspecified atom stereocenters. The second-order valence-electron chi connectivity index (χ2n) is 6.67. The van der Waals surface area contributed by atoms with Gasteiger partial charge in [-0.25, -0.2) is 0 Å². The number of ether oxygens (including phenoxy) is 1. The smallest absolute Gasteiger partial charge is 0.288 e. The number of para-hydroxylation sites is 1. The number of methoxy groups -OCH3 is 1. The molecular weight excluding hydrogens is 402 g/mol. The first-order valence-corrected chi connectivity index (χ1v) is 10.4. The molecule has 10 heteroatoms. The van der Waals surface area contributed by atoms with E-state index in [1.54, 1.807) is 31.4 Å². The van der Waals surface area contributed by atoms with Crippen LogP contribution in [-0.4, -0.2) is 86.9 Å². The van der Waals surface area contributed by atoms with Crippen LogP contribution in [0.5, 0.6) is 0 Å². The van der Waals surface area contributed by atoms with Gasteiger partial charge in [-0.15, -0.1) is 0 Å². The van der Waals surface area contributed by atoms with Gasteiger partial charge in [-0.1, -0.05) is 23.9 Å². The number of nitrogens with zero attached hydrogens (tertiary/aromatic N) is 2. The monoisotopic (exact) mass is 430 g/mol. The van der Waals surface area contributed by atoms with Gasteiger partial charge >= 0.3 is 0 Å². The average molecular weight is 431 g/mol. The van der Waals surface area contributed by atoms with E-state index in [9.17, 15) is 18.4 Å². The third-order valence-corrected chi connectivity index (χ3v) is 5.21. The van der Waals surface area contributed by atoms with Gasteiger partial charge in [0.05, 0.1) is 18.8 Å². The summed E-state index contributed by atoms with van der Waals surface area (Å²) in [7, 11) is 1.63. The fourth-order valence-corrected chi connectivity index (χ4v) is 3.57. The molecule has 0 atom stereocenters. The number of thioether (sulfide) groups is 1. The minimum Gasteiger partial charge on any atom is -0.385 e. The number of halogens is 2. The van der Waals surface area contributed by atoms with E-state index in [2.05, 4.69) is 15.5 Å². The van der Waals surface area contributed by atoms with Gasteiger partial charge in [0, 0.05) is 51.3 Å². The van der Waals surface area contributed by atoms with Gasteiger partial charge < -0.3 is 15.4 Å². The zero-order valence-corrected chi connectivity index (χ0v) is 17.4. The summed E-state index contributed by atoms with van der Waals surface area (Å²) in [4.78, 5) is 28.6. The number of carbonyl (C=O) groups is 2. The number of carbonyl (C=O) groups excluding carboxylic acids is 2. The fraction of sp³-hybridized carbons (Fsp3) is 0.579. The highest BCUT2D eigenvalue weighted by Gasteiger charge is 2.21. The molecule has 7 nitrogen and oxygen atoms in total. The zero-order valence-electron chi connectivity index (χ0n) is 16.5. The van der Waals surface area contributed by atoms with Crippen molar-refractivity contribution in [2.45, 2.75) is 17.1 Å². The summed E-state index contributed by atoms with van der Waals surface area (Å²) < 4.78 is 30.2. The molecule has 0 radical (unpaired) electrons. The molecule has 0 aromatic heterocycles. The first kappa shape index (κ1) is 23.5. The van der Waals surface area contributed by atoms with Crippen molar-refractivity contribution >= 4 is 29.3 Å². The first-order chi connectivity index (χ1) is 14.0. The Morgan fingerprint density at radius 1 is 1.10 bits per heavy atom. The number of alkyl halides is 2. The summed E-state index contributed by atoms with van der Waals surface area (Å²) >= 11 is 0.414. The lowest BCUT2D eigenvalue weighted by atomic mass is 10.3. The predicted octanol–water partition coefficient (Wildman–Crippen LogP) is 1.71. The molecule has 2 rings (SSSR count). The molecule has 1 aliphatic rings. The Balaban J connectivity index is 1.70. The quantitative estimate of drug-likeness (QED) is 0.411. The number of piperazine rings is 1. The second-order valence-corrected chi connectivity index (χ2v) is 7.70. The highest BCUT2D eigenvalue weighted by atomic mass is 32.2. The molecule has 0 aliphatic carbocycles. The molecule has 1 aromatic rings. The van der Waals surface area contributed by atoms with Gasteiger partial charge in [0.1, 0.15) is 0 Å². The number of amides is 2. The second kappa shape index (κ2) is 12.7. The summed E-state index contributed by atoms with van der Waals surface area (Å²) in [5.41, 5.74) is 0.395. The third-order valence-electron chi connectivity index (χ3n) is 4.42. The van der Waals surface area contributed by atoms with Crippen molar-refractivity contribution in [3.63, 3.8) is 0 Å². The zero-order chi connectivity index (χ0) is 21.1. The van der Waals surface area contributed by atoms with Crippen LogP contribution in [0.3, 0.4) is 0 Å². The summed E-state index contributed by atoms with van der Waals surface area (Å²) in [5, 5.41) is 5.58. The predicted molar refractivity (Wildman–Crippen MR) is 109 cm³/mol. The van der Waals surface area contributed by atoms with Gasteiger partial charge in [0.25, 0.3) is 5.76 Å². The Morgan fingerprint density at radius 2 is 1.72 bits per heavy atom. The molecule has 0 bridgehead atoms. The molecule has 2 amide bonds. The summed E-state index contributed by atoms with van der Waals surface area (Å²) in [6, 6.07) is 6.54.